The first-order valence-electron chi connectivity index (χ1n) is 5.48. The molecule has 0 fully saturated rings. The molecule has 0 aliphatic carbocycles. The van der Waals surface area contributed by atoms with Gasteiger partial charge in [-0.05, 0) is 30.3 Å². The first-order valence-corrected chi connectivity index (χ1v) is 5.48. The molecule has 0 radical (unpaired) electrons. The molecule has 7 heteroatoms. The molecule has 0 unspecified atom stereocenters. The molecule has 104 valence electrons. The SMILES string of the molecule is Nc1ccc(C(=O)c2ccccn2)cc1OC(F)(F)F. The number of pyridine rings is 1. The van der Waals surface area contributed by atoms with Crippen LogP contribution in [0.4, 0.5) is 18.9 Å². The number of nitrogens with zero attached hydrogens (tertiary/aromatic N) is 1. The van der Waals surface area contributed by atoms with Gasteiger partial charge in [0.05, 0.1) is 5.69 Å². The van der Waals surface area contributed by atoms with Crippen LogP contribution in [0.1, 0.15) is 16.1 Å². The fraction of sp³-hybridized carbons (Fsp3) is 0.0769. The Hall–Kier alpha value is -2.57. The van der Waals surface area contributed by atoms with Crippen molar-refractivity contribution >= 4 is 11.5 Å². The number of hydrogen-bond donors (Lipinski definition) is 1. The van der Waals surface area contributed by atoms with E-state index in [-0.39, 0.29) is 16.9 Å². The Morgan fingerprint density at radius 1 is 1.20 bits per heavy atom. The van der Waals surface area contributed by atoms with E-state index in [9.17, 15) is 18.0 Å². The third-order valence-corrected chi connectivity index (χ3v) is 2.40. The average Bonchev–Trinajstić information content (AvgIpc) is 2.40. The standard InChI is InChI=1S/C13H9F3N2O2/c14-13(15,16)20-11-7-8(4-5-9(11)17)12(19)10-3-1-2-6-18-10/h1-7H,17H2. The maximum absolute atomic E-state index is 12.2. The van der Waals surface area contributed by atoms with Gasteiger partial charge in [-0.3, -0.25) is 9.78 Å². The lowest BCUT2D eigenvalue weighted by Gasteiger charge is -2.12. The zero-order chi connectivity index (χ0) is 14.8. The number of rotatable bonds is 3. The highest BCUT2D eigenvalue weighted by Gasteiger charge is 2.32. The molecule has 0 bridgehead atoms. The van der Waals surface area contributed by atoms with Gasteiger partial charge in [-0.25, -0.2) is 0 Å². The van der Waals surface area contributed by atoms with Crippen LogP contribution in [-0.2, 0) is 0 Å². The Balaban J connectivity index is 2.34. The van der Waals surface area contributed by atoms with Crippen molar-refractivity contribution in [3.8, 4) is 5.75 Å². The van der Waals surface area contributed by atoms with Crippen LogP contribution < -0.4 is 10.5 Å². The van der Waals surface area contributed by atoms with Crippen molar-refractivity contribution in [3.63, 3.8) is 0 Å². The molecule has 1 aromatic carbocycles. The summed E-state index contributed by atoms with van der Waals surface area (Å²) < 4.78 is 40.4. The van der Waals surface area contributed by atoms with E-state index in [1.54, 1.807) is 12.1 Å². The second-order valence-corrected chi connectivity index (χ2v) is 3.84. The van der Waals surface area contributed by atoms with Crippen molar-refractivity contribution in [1.29, 1.82) is 0 Å². The van der Waals surface area contributed by atoms with Crippen molar-refractivity contribution in [2.24, 2.45) is 0 Å². The van der Waals surface area contributed by atoms with Crippen LogP contribution in [0.5, 0.6) is 5.75 Å². The summed E-state index contributed by atoms with van der Waals surface area (Å²) in [6, 6.07) is 8.12. The molecular formula is C13H9F3N2O2. The van der Waals surface area contributed by atoms with E-state index in [4.69, 9.17) is 5.73 Å². The molecule has 0 aliphatic rings. The van der Waals surface area contributed by atoms with Gasteiger partial charge in [-0.2, -0.15) is 0 Å². The number of nitrogen functional groups attached to an aromatic ring is 1. The van der Waals surface area contributed by atoms with Crippen LogP contribution in [0.3, 0.4) is 0 Å². The number of ether oxygens (including phenoxy) is 1. The number of carbonyl (C=O) groups excluding carboxylic acids is 1. The lowest BCUT2D eigenvalue weighted by Crippen LogP contribution is -2.18. The highest BCUT2D eigenvalue weighted by molar-refractivity contribution is 6.08. The van der Waals surface area contributed by atoms with Crippen LogP contribution in [0.25, 0.3) is 0 Å². The zero-order valence-corrected chi connectivity index (χ0v) is 10.0. The average molecular weight is 282 g/mol. The van der Waals surface area contributed by atoms with Gasteiger partial charge in [0.15, 0.2) is 5.75 Å². The maximum Gasteiger partial charge on any atom is 0.573 e. The summed E-state index contributed by atoms with van der Waals surface area (Å²) in [4.78, 5) is 15.9. The molecular weight excluding hydrogens is 273 g/mol. The summed E-state index contributed by atoms with van der Waals surface area (Å²) in [7, 11) is 0. The third-order valence-electron chi connectivity index (χ3n) is 2.40. The smallest absolute Gasteiger partial charge is 0.404 e. The minimum atomic E-state index is -4.87. The topological polar surface area (TPSA) is 65.2 Å². The molecule has 0 amide bonds. The Bertz CT molecular complexity index is 627. The van der Waals surface area contributed by atoms with E-state index in [2.05, 4.69) is 9.72 Å². The first kappa shape index (κ1) is 13.9. The maximum atomic E-state index is 12.2. The molecule has 2 aromatic rings. The van der Waals surface area contributed by atoms with Crippen molar-refractivity contribution < 1.29 is 22.7 Å². The zero-order valence-electron chi connectivity index (χ0n) is 10.0. The first-order chi connectivity index (χ1) is 9.37. The van der Waals surface area contributed by atoms with Gasteiger partial charge in [0.25, 0.3) is 0 Å². The molecule has 1 aromatic heterocycles. The largest absolute Gasteiger partial charge is 0.573 e. The molecule has 2 rings (SSSR count). The summed E-state index contributed by atoms with van der Waals surface area (Å²) in [5.74, 6) is -1.13. The van der Waals surface area contributed by atoms with E-state index in [0.29, 0.717) is 0 Å². The Kier molecular flexibility index (Phi) is 3.60. The van der Waals surface area contributed by atoms with Gasteiger partial charge in [0.1, 0.15) is 5.69 Å². The van der Waals surface area contributed by atoms with Gasteiger partial charge in [-0.15, -0.1) is 13.2 Å². The van der Waals surface area contributed by atoms with Gasteiger partial charge >= 0.3 is 6.36 Å². The van der Waals surface area contributed by atoms with Gasteiger partial charge in [-0.1, -0.05) is 6.07 Å². The number of aromatic nitrogens is 1. The van der Waals surface area contributed by atoms with E-state index in [0.717, 1.165) is 6.07 Å². The lowest BCUT2D eigenvalue weighted by atomic mass is 10.1. The molecule has 0 spiro atoms. The number of ketones is 1. The van der Waals surface area contributed by atoms with E-state index >= 15 is 0 Å². The Morgan fingerprint density at radius 2 is 1.95 bits per heavy atom. The highest BCUT2D eigenvalue weighted by Crippen LogP contribution is 2.29. The van der Waals surface area contributed by atoms with Crippen LogP contribution in [0.2, 0.25) is 0 Å². The number of benzene rings is 1. The predicted octanol–water partition coefficient (Wildman–Crippen LogP) is 2.79. The van der Waals surface area contributed by atoms with Crippen molar-refractivity contribution in [2.45, 2.75) is 6.36 Å². The molecule has 0 saturated heterocycles. The van der Waals surface area contributed by atoms with Gasteiger partial charge in [0.2, 0.25) is 5.78 Å². The van der Waals surface area contributed by atoms with Crippen molar-refractivity contribution in [3.05, 3.63) is 53.9 Å². The van der Waals surface area contributed by atoms with Crippen molar-refractivity contribution in [1.82, 2.24) is 4.98 Å². The monoisotopic (exact) mass is 282 g/mol. The number of halogens is 3. The summed E-state index contributed by atoms with van der Waals surface area (Å²) in [6.45, 7) is 0. The molecule has 1 heterocycles. The molecule has 0 saturated carbocycles. The predicted molar refractivity (Wildman–Crippen MR) is 65.2 cm³/mol. The van der Waals surface area contributed by atoms with E-state index < -0.39 is 17.9 Å². The number of alkyl halides is 3. The number of anilines is 1. The van der Waals surface area contributed by atoms with Gasteiger partial charge in [0, 0.05) is 11.8 Å². The summed E-state index contributed by atoms with van der Waals surface area (Å²) in [6.07, 6.45) is -3.46. The fourth-order valence-electron chi connectivity index (χ4n) is 1.53. The van der Waals surface area contributed by atoms with Crippen LogP contribution in [0.15, 0.2) is 42.6 Å². The van der Waals surface area contributed by atoms with E-state index in [1.165, 1.54) is 24.4 Å². The summed E-state index contributed by atoms with van der Waals surface area (Å²) in [5.41, 5.74) is 5.31. The fourth-order valence-corrected chi connectivity index (χ4v) is 1.53. The Labute approximate surface area is 112 Å². The minimum absolute atomic E-state index is 0.0112. The molecule has 0 aliphatic heterocycles. The Morgan fingerprint density at radius 3 is 2.55 bits per heavy atom. The number of carbonyl (C=O) groups is 1. The molecule has 0 atom stereocenters. The van der Waals surface area contributed by atoms with Crippen LogP contribution >= 0.6 is 0 Å². The molecule has 4 nitrogen and oxygen atoms in total. The summed E-state index contributed by atoms with van der Waals surface area (Å²) >= 11 is 0. The van der Waals surface area contributed by atoms with Gasteiger partial charge < -0.3 is 10.5 Å². The number of nitrogens with two attached hydrogens (primary N) is 1. The number of hydrogen-bond acceptors (Lipinski definition) is 4. The summed E-state index contributed by atoms with van der Waals surface area (Å²) in [5, 5.41) is 0. The van der Waals surface area contributed by atoms with Crippen molar-refractivity contribution in [2.75, 3.05) is 5.73 Å². The highest BCUT2D eigenvalue weighted by atomic mass is 19.4. The second-order valence-electron chi connectivity index (χ2n) is 3.84. The molecule has 2 N–H and O–H groups in total. The lowest BCUT2D eigenvalue weighted by molar-refractivity contribution is -0.274. The molecule has 20 heavy (non-hydrogen) atoms. The minimum Gasteiger partial charge on any atom is -0.404 e. The second kappa shape index (κ2) is 5.20. The normalized spacial score (nSPS) is 11.2. The quantitative estimate of drug-likeness (QED) is 0.694. The van der Waals surface area contributed by atoms with Crippen LogP contribution in [0, 0.1) is 0 Å². The van der Waals surface area contributed by atoms with Crippen LogP contribution in [-0.4, -0.2) is 17.1 Å². The third kappa shape index (κ3) is 3.25. The van der Waals surface area contributed by atoms with E-state index in [1.807, 2.05) is 0 Å².